The third kappa shape index (κ3) is 3.56. The number of ether oxygens (including phenoxy) is 3. The number of anilines is 1. The van der Waals surface area contributed by atoms with Gasteiger partial charge in [-0.15, -0.1) is 5.10 Å². The van der Waals surface area contributed by atoms with E-state index in [1.807, 2.05) is 13.8 Å². The fourth-order valence-electron chi connectivity index (χ4n) is 4.15. The number of hydrogen-bond acceptors (Lipinski definition) is 7. The Hall–Kier alpha value is -3.29. The summed E-state index contributed by atoms with van der Waals surface area (Å²) in [7, 11) is 0. The predicted molar refractivity (Wildman–Crippen MR) is 117 cm³/mol. The van der Waals surface area contributed by atoms with E-state index in [2.05, 4.69) is 21.9 Å². The highest BCUT2D eigenvalue weighted by Gasteiger charge is 2.30. The number of aryl methyl sites for hydroxylation is 1. The molecule has 0 aliphatic carbocycles. The van der Waals surface area contributed by atoms with Gasteiger partial charge in [0.1, 0.15) is 25.0 Å². The minimum Gasteiger partial charge on any atom is -0.490 e. The van der Waals surface area contributed by atoms with Crippen LogP contribution >= 0.6 is 0 Å². The van der Waals surface area contributed by atoms with Crippen molar-refractivity contribution in [2.45, 2.75) is 45.8 Å². The molecule has 1 fully saturated rings. The summed E-state index contributed by atoms with van der Waals surface area (Å²) in [5.74, 6) is 1.47. The average Bonchev–Trinajstić information content (AvgIpc) is 2.78. The third-order valence-electron chi connectivity index (χ3n) is 5.93. The van der Waals surface area contributed by atoms with Crippen LogP contribution in [-0.2, 0) is 0 Å². The maximum absolute atomic E-state index is 12.4. The van der Waals surface area contributed by atoms with Crippen LogP contribution in [0.1, 0.15) is 36.4 Å². The van der Waals surface area contributed by atoms with Gasteiger partial charge in [-0.2, -0.15) is 4.52 Å². The van der Waals surface area contributed by atoms with Crippen LogP contribution in [0.5, 0.6) is 17.2 Å². The lowest BCUT2D eigenvalue weighted by Gasteiger charge is -2.39. The molecule has 2 aromatic heterocycles. The van der Waals surface area contributed by atoms with Crippen LogP contribution in [0, 0.1) is 13.8 Å². The van der Waals surface area contributed by atoms with Gasteiger partial charge in [0.05, 0.1) is 5.48 Å². The monoisotopic (exact) mass is 426 g/mol. The quantitative estimate of drug-likeness (QED) is 0.637. The van der Waals surface area contributed by atoms with Crippen LogP contribution in [0.3, 0.4) is 0 Å². The van der Waals surface area contributed by atoms with Gasteiger partial charge in [0.25, 0.3) is 5.56 Å². The number of aromatic nitrogens is 3. The first kappa shape index (κ1) is 15.5. The Balaban J connectivity index is 1.33. The first-order chi connectivity index (χ1) is 16.5. The molecule has 8 heteroatoms. The van der Waals surface area contributed by atoms with Crippen molar-refractivity contribution in [1.82, 2.24) is 14.6 Å². The van der Waals surface area contributed by atoms with E-state index in [1.54, 1.807) is 6.07 Å². The number of nitrogens with zero attached hydrogens (tertiary/aromatic N) is 4. The Labute approximate surface area is 186 Å². The first-order valence-corrected chi connectivity index (χ1v) is 10.3. The average molecular weight is 427 g/mol. The zero-order chi connectivity index (χ0) is 25.1. The molecule has 0 amide bonds. The van der Waals surface area contributed by atoms with Gasteiger partial charge >= 0.3 is 0 Å². The van der Waals surface area contributed by atoms with Crippen molar-refractivity contribution in [1.29, 1.82) is 0 Å². The molecule has 4 heterocycles. The van der Waals surface area contributed by atoms with Gasteiger partial charge < -0.3 is 19.1 Å². The Morgan fingerprint density at radius 3 is 2.77 bits per heavy atom. The highest BCUT2D eigenvalue weighted by Crippen LogP contribution is 2.35. The normalized spacial score (nSPS) is 25.8. The second-order valence-corrected chi connectivity index (χ2v) is 7.92. The van der Waals surface area contributed by atoms with E-state index < -0.39 is 13.1 Å². The zero-order valence-corrected chi connectivity index (χ0v) is 17.6. The van der Waals surface area contributed by atoms with Gasteiger partial charge in [0, 0.05) is 54.9 Å². The number of piperidine rings is 1. The lowest BCUT2D eigenvalue weighted by Crippen LogP contribution is -2.45. The van der Waals surface area contributed by atoms with Crippen LogP contribution in [0.2, 0.25) is 0 Å². The summed E-state index contributed by atoms with van der Waals surface area (Å²) in [6, 6.07) is 6.19. The molecule has 0 bridgehead atoms. The summed E-state index contributed by atoms with van der Waals surface area (Å²) in [6.07, 6.45) is 2.82. The fourth-order valence-corrected chi connectivity index (χ4v) is 4.15. The van der Waals surface area contributed by atoms with E-state index in [9.17, 15) is 4.79 Å². The first-order valence-electron chi connectivity index (χ1n) is 12.3. The molecule has 0 spiro atoms. The van der Waals surface area contributed by atoms with Crippen molar-refractivity contribution in [3.8, 4) is 17.2 Å². The summed E-state index contributed by atoms with van der Waals surface area (Å²) in [5, 5.41) is 4.62. The van der Waals surface area contributed by atoms with Crippen LogP contribution < -0.4 is 24.7 Å². The van der Waals surface area contributed by atoms with Gasteiger partial charge in [0.15, 0.2) is 23.0 Å². The minimum atomic E-state index is -2.63. The summed E-state index contributed by atoms with van der Waals surface area (Å²) in [4.78, 5) is 18.8. The third-order valence-corrected chi connectivity index (χ3v) is 5.93. The molecular formula is C23H26N4O4. The maximum Gasteiger partial charge on any atom is 0.274 e. The zero-order valence-electron chi connectivity index (χ0n) is 21.6. The Bertz CT molecular complexity index is 1360. The molecule has 31 heavy (non-hydrogen) atoms. The van der Waals surface area contributed by atoms with Crippen molar-refractivity contribution in [2.75, 3.05) is 24.6 Å². The summed E-state index contributed by atoms with van der Waals surface area (Å²) < 4.78 is 48.9. The molecule has 1 saturated heterocycles. The number of rotatable bonds is 3. The van der Waals surface area contributed by atoms with Crippen molar-refractivity contribution in [3.05, 3.63) is 51.9 Å². The van der Waals surface area contributed by atoms with E-state index in [4.69, 9.17) is 19.7 Å². The van der Waals surface area contributed by atoms with Gasteiger partial charge in [-0.1, -0.05) is 0 Å². The molecule has 0 N–H and O–H groups in total. The van der Waals surface area contributed by atoms with Crippen molar-refractivity contribution in [2.24, 2.45) is 0 Å². The molecule has 2 aliphatic rings. The molecule has 0 saturated carbocycles. The van der Waals surface area contributed by atoms with Crippen LogP contribution in [0.25, 0.3) is 5.65 Å². The molecule has 5 rings (SSSR count). The number of benzene rings is 1. The number of fused-ring (bicyclic) bond motifs is 2. The van der Waals surface area contributed by atoms with Crippen molar-refractivity contribution >= 4 is 11.5 Å². The van der Waals surface area contributed by atoms with Gasteiger partial charge in [-0.25, -0.2) is 4.98 Å². The van der Waals surface area contributed by atoms with Crippen LogP contribution in [0.4, 0.5) is 5.82 Å². The topological polar surface area (TPSA) is 78.2 Å². The summed E-state index contributed by atoms with van der Waals surface area (Å²) in [6.45, 7) is 1.47. The SMILES string of the molecule is [2H]C1([2H])Oc2ccc(O[C@H]3CCN(c4nn5c(=O)ccnc5c(C)c4C)[C@H](C)C3)cc2OC1([2H])[2H]. The summed E-state index contributed by atoms with van der Waals surface area (Å²) in [5.41, 5.74) is 2.23. The fraction of sp³-hybridized carbons (Fsp3) is 0.435. The second-order valence-electron chi connectivity index (χ2n) is 7.92. The molecule has 162 valence electrons. The largest absolute Gasteiger partial charge is 0.490 e. The Kier molecular flexibility index (Phi) is 3.88. The lowest BCUT2D eigenvalue weighted by atomic mass is 9.99. The second kappa shape index (κ2) is 7.76. The molecule has 0 unspecified atom stereocenters. The highest BCUT2D eigenvalue weighted by atomic mass is 16.6. The molecule has 2 aliphatic heterocycles. The minimum absolute atomic E-state index is 0.0859. The van der Waals surface area contributed by atoms with Gasteiger partial charge in [0.2, 0.25) is 0 Å². The van der Waals surface area contributed by atoms with E-state index in [-0.39, 0.29) is 29.2 Å². The Morgan fingerprint density at radius 2 is 1.97 bits per heavy atom. The molecule has 0 radical (unpaired) electrons. The lowest BCUT2D eigenvalue weighted by molar-refractivity contribution is 0.149. The maximum atomic E-state index is 12.4. The van der Waals surface area contributed by atoms with E-state index in [0.717, 1.165) is 16.9 Å². The van der Waals surface area contributed by atoms with Crippen molar-refractivity contribution in [3.63, 3.8) is 0 Å². The smallest absolute Gasteiger partial charge is 0.274 e. The van der Waals surface area contributed by atoms with Gasteiger partial charge in [-0.3, -0.25) is 4.79 Å². The van der Waals surface area contributed by atoms with E-state index in [0.29, 0.717) is 30.8 Å². The molecule has 8 nitrogen and oxygen atoms in total. The molecule has 2 atom stereocenters. The van der Waals surface area contributed by atoms with Gasteiger partial charge in [-0.05, 0) is 32.9 Å². The van der Waals surface area contributed by atoms with E-state index in [1.165, 1.54) is 28.9 Å². The molecular weight excluding hydrogens is 396 g/mol. The number of hydrogen-bond donors (Lipinski definition) is 0. The Morgan fingerprint density at radius 1 is 1.16 bits per heavy atom. The standard InChI is InChI=1S/C23H26N4O4/c1-14-12-18(31-17-4-5-19-20(13-17)30-11-10-29-19)7-9-26(14)23-16(3)15(2)22-24-8-6-21(28)27(22)25-23/h4-6,8,13-14,18H,7,9-12H2,1-3H3/t14-,18+/m1/s1/i10D2,11D2. The molecule has 1 aromatic carbocycles. The van der Waals surface area contributed by atoms with E-state index >= 15 is 0 Å². The molecule has 3 aromatic rings. The predicted octanol–water partition coefficient (Wildman–Crippen LogP) is 2.91. The highest BCUT2D eigenvalue weighted by molar-refractivity contribution is 5.59. The summed E-state index contributed by atoms with van der Waals surface area (Å²) >= 11 is 0. The van der Waals surface area contributed by atoms with Crippen LogP contribution in [-0.4, -0.2) is 46.4 Å². The van der Waals surface area contributed by atoms with Crippen LogP contribution in [0.15, 0.2) is 35.3 Å². The van der Waals surface area contributed by atoms with Crippen molar-refractivity contribution < 1.29 is 19.7 Å².